The molecular weight excluding hydrogens is 366 g/mol. The number of piperazine rings is 1. The van der Waals surface area contributed by atoms with Crippen LogP contribution in [0, 0.1) is 0 Å². The SMILES string of the molecule is CCOC(=O)/C=C/c1ccc(NC(=O)N2CCN(C)CC2c2ccccc2)cc1. The van der Waals surface area contributed by atoms with Gasteiger partial charge >= 0.3 is 12.0 Å². The van der Waals surface area contributed by atoms with Crippen LogP contribution in [0.4, 0.5) is 10.5 Å². The van der Waals surface area contributed by atoms with Crippen molar-refractivity contribution in [2.45, 2.75) is 13.0 Å². The summed E-state index contributed by atoms with van der Waals surface area (Å²) in [5.41, 5.74) is 2.71. The van der Waals surface area contributed by atoms with Gasteiger partial charge in [-0.25, -0.2) is 9.59 Å². The van der Waals surface area contributed by atoms with Gasteiger partial charge in [-0.2, -0.15) is 0 Å². The topological polar surface area (TPSA) is 61.9 Å². The Hall–Kier alpha value is -3.12. The fraction of sp³-hybridized carbons (Fsp3) is 0.304. The summed E-state index contributed by atoms with van der Waals surface area (Å²) < 4.78 is 4.87. The summed E-state index contributed by atoms with van der Waals surface area (Å²) in [5.74, 6) is -0.369. The highest BCUT2D eigenvalue weighted by molar-refractivity contribution is 5.90. The number of benzene rings is 2. The number of likely N-dealkylation sites (N-methyl/N-ethyl adjacent to an activating group) is 1. The number of urea groups is 1. The molecule has 152 valence electrons. The van der Waals surface area contributed by atoms with Gasteiger partial charge in [0.1, 0.15) is 0 Å². The van der Waals surface area contributed by atoms with Crippen LogP contribution in [0.2, 0.25) is 0 Å². The molecule has 1 aliphatic heterocycles. The lowest BCUT2D eigenvalue weighted by Gasteiger charge is -2.40. The summed E-state index contributed by atoms with van der Waals surface area (Å²) in [6, 6.07) is 17.4. The largest absolute Gasteiger partial charge is 0.463 e. The number of nitrogens with zero attached hydrogens (tertiary/aromatic N) is 2. The molecule has 1 saturated heterocycles. The molecule has 1 unspecified atom stereocenters. The minimum Gasteiger partial charge on any atom is -0.463 e. The molecule has 0 saturated carbocycles. The molecule has 1 fully saturated rings. The van der Waals surface area contributed by atoms with Gasteiger partial charge in [-0.1, -0.05) is 42.5 Å². The van der Waals surface area contributed by atoms with Crippen LogP contribution in [0.25, 0.3) is 6.08 Å². The first-order chi connectivity index (χ1) is 14.1. The Bertz CT molecular complexity index is 849. The summed E-state index contributed by atoms with van der Waals surface area (Å²) >= 11 is 0. The molecule has 1 heterocycles. The zero-order valence-corrected chi connectivity index (χ0v) is 16.9. The molecule has 2 aromatic carbocycles. The van der Waals surface area contributed by atoms with Gasteiger partial charge in [0.25, 0.3) is 0 Å². The molecule has 0 spiro atoms. The molecule has 1 aliphatic rings. The first-order valence-electron chi connectivity index (χ1n) is 9.83. The maximum Gasteiger partial charge on any atom is 0.330 e. The van der Waals surface area contributed by atoms with E-state index in [9.17, 15) is 9.59 Å². The predicted molar refractivity (Wildman–Crippen MR) is 115 cm³/mol. The molecule has 0 aliphatic carbocycles. The van der Waals surface area contributed by atoms with Crippen molar-refractivity contribution < 1.29 is 14.3 Å². The second-order valence-corrected chi connectivity index (χ2v) is 7.02. The van der Waals surface area contributed by atoms with Crippen molar-refractivity contribution in [2.24, 2.45) is 0 Å². The lowest BCUT2D eigenvalue weighted by Crippen LogP contribution is -2.50. The van der Waals surface area contributed by atoms with E-state index in [4.69, 9.17) is 4.74 Å². The molecule has 0 bridgehead atoms. The Labute approximate surface area is 171 Å². The van der Waals surface area contributed by atoms with E-state index in [0.717, 1.165) is 24.2 Å². The van der Waals surface area contributed by atoms with E-state index in [1.165, 1.54) is 6.08 Å². The summed E-state index contributed by atoms with van der Waals surface area (Å²) in [5, 5.41) is 2.99. The third kappa shape index (κ3) is 5.68. The Morgan fingerprint density at radius 2 is 1.83 bits per heavy atom. The number of ether oxygens (including phenoxy) is 1. The predicted octanol–water partition coefficient (Wildman–Crippen LogP) is 3.78. The Morgan fingerprint density at radius 1 is 1.10 bits per heavy atom. The van der Waals surface area contributed by atoms with Crippen LogP contribution < -0.4 is 5.32 Å². The van der Waals surface area contributed by atoms with Gasteiger partial charge in [-0.15, -0.1) is 0 Å². The standard InChI is InChI=1S/C23H27N3O3/c1-3-29-22(27)14-11-18-9-12-20(13-10-18)24-23(28)26-16-15-25(2)17-21(26)19-7-5-4-6-8-19/h4-14,21H,3,15-17H2,1-2H3,(H,24,28)/b14-11+. The van der Waals surface area contributed by atoms with Crippen LogP contribution in [0.5, 0.6) is 0 Å². The van der Waals surface area contributed by atoms with E-state index in [1.807, 2.05) is 47.4 Å². The maximum atomic E-state index is 13.0. The van der Waals surface area contributed by atoms with E-state index in [1.54, 1.807) is 13.0 Å². The average molecular weight is 393 g/mol. The Morgan fingerprint density at radius 3 is 2.52 bits per heavy atom. The summed E-state index contributed by atoms with van der Waals surface area (Å²) in [6.07, 6.45) is 3.08. The van der Waals surface area contributed by atoms with Crippen LogP contribution in [-0.4, -0.2) is 55.1 Å². The number of rotatable bonds is 5. The van der Waals surface area contributed by atoms with E-state index < -0.39 is 0 Å². The third-order valence-electron chi connectivity index (χ3n) is 4.89. The first kappa shape index (κ1) is 20.6. The molecule has 1 atom stereocenters. The third-order valence-corrected chi connectivity index (χ3v) is 4.89. The van der Waals surface area contributed by atoms with Gasteiger partial charge in [0.15, 0.2) is 0 Å². The number of carbonyl (C=O) groups is 2. The van der Waals surface area contributed by atoms with Crippen molar-refractivity contribution in [1.82, 2.24) is 9.80 Å². The smallest absolute Gasteiger partial charge is 0.330 e. The van der Waals surface area contributed by atoms with Crippen molar-refractivity contribution in [3.8, 4) is 0 Å². The number of anilines is 1. The highest BCUT2D eigenvalue weighted by atomic mass is 16.5. The Kier molecular flexibility index (Phi) is 7.03. The first-order valence-corrected chi connectivity index (χ1v) is 9.83. The number of esters is 1. The molecule has 6 heteroatoms. The van der Waals surface area contributed by atoms with Crippen molar-refractivity contribution in [3.63, 3.8) is 0 Å². The number of nitrogens with one attached hydrogen (secondary N) is 1. The minimum atomic E-state index is -0.369. The van der Waals surface area contributed by atoms with Crippen LogP contribution in [-0.2, 0) is 9.53 Å². The van der Waals surface area contributed by atoms with Crippen molar-refractivity contribution in [2.75, 3.05) is 38.6 Å². The number of hydrogen-bond acceptors (Lipinski definition) is 4. The lowest BCUT2D eigenvalue weighted by atomic mass is 10.0. The average Bonchev–Trinajstić information content (AvgIpc) is 2.74. The van der Waals surface area contributed by atoms with Crippen LogP contribution >= 0.6 is 0 Å². The summed E-state index contributed by atoms with van der Waals surface area (Å²) in [7, 11) is 2.08. The molecule has 29 heavy (non-hydrogen) atoms. The molecule has 2 aromatic rings. The molecule has 3 rings (SSSR count). The van der Waals surface area contributed by atoms with Crippen LogP contribution in [0.3, 0.4) is 0 Å². The second-order valence-electron chi connectivity index (χ2n) is 7.02. The zero-order chi connectivity index (χ0) is 20.6. The quantitative estimate of drug-likeness (QED) is 0.620. The highest BCUT2D eigenvalue weighted by Gasteiger charge is 2.30. The van der Waals surface area contributed by atoms with Crippen molar-refractivity contribution in [1.29, 1.82) is 0 Å². The summed E-state index contributed by atoms with van der Waals surface area (Å²) in [4.78, 5) is 28.5. The van der Waals surface area contributed by atoms with E-state index in [0.29, 0.717) is 18.8 Å². The Balaban J connectivity index is 1.66. The van der Waals surface area contributed by atoms with Crippen molar-refractivity contribution >= 4 is 23.8 Å². The van der Waals surface area contributed by atoms with Gasteiger partial charge in [-0.3, -0.25) is 0 Å². The van der Waals surface area contributed by atoms with Gasteiger partial charge in [0.2, 0.25) is 0 Å². The normalized spacial score (nSPS) is 17.3. The summed E-state index contributed by atoms with van der Waals surface area (Å²) in [6.45, 7) is 4.43. The van der Waals surface area contributed by atoms with Gasteiger partial charge in [-0.05, 0) is 43.3 Å². The maximum absolute atomic E-state index is 13.0. The minimum absolute atomic E-state index is 0.0155. The van der Waals surface area contributed by atoms with Gasteiger partial charge in [0, 0.05) is 31.4 Å². The molecule has 6 nitrogen and oxygen atoms in total. The van der Waals surface area contributed by atoms with E-state index in [-0.39, 0.29) is 18.0 Å². The number of amides is 2. The fourth-order valence-electron chi connectivity index (χ4n) is 3.35. The van der Waals surface area contributed by atoms with Gasteiger partial charge in [0.05, 0.1) is 12.6 Å². The molecular formula is C23H27N3O3. The monoisotopic (exact) mass is 393 g/mol. The number of carbonyl (C=O) groups excluding carboxylic acids is 2. The molecule has 0 aromatic heterocycles. The second kappa shape index (κ2) is 9.89. The fourth-order valence-corrected chi connectivity index (χ4v) is 3.35. The lowest BCUT2D eigenvalue weighted by molar-refractivity contribution is -0.137. The van der Waals surface area contributed by atoms with Crippen LogP contribution in [0.15, 0.2) is 60.7 Å². The van der Waals surface area contributed by atoms with E-state index >= 15 is 0 Å². The van der Waals surface area contributed by atoms with E-state index in [2.05, 4.69) is 29.4 Å². The molecule has 0 radical (unpaired) electrons. The highest BCUT2D eigenvalue weighted by Crippen LogP contribution is 2.25. The van der Waals surface area contributed by atoms with Gasteiger partial charge < -0.3 is 19.9 Å². The van der Waals surface area contributed by atoms with Crippen molar-refractivity contribution in [3.05, 3.63) is 71.8 Å². The zero-order valence-electron chi connectivity index (χ0n) is 16.9. The molecule has 2 amide bonds. The van der Waals surface area contributed by atoms with Crippen LogP contribution in [0.1, 0.15) is 24.1 Å². The number of hydrogen-bond donors (Lipinski definition) is 1. The molecule has 1 N–H and O–H groups in total.